The molecule has 0 heterocycles. The first-order valence-electron chi connectivity index (χ1n) is 19.6. The van der Waals surface area contributed by atoms with E-state index in [0.717, 1.165) is 48.6 Å². The van der Waals surface area contributed by atoms with Crippen LogP contribution >= 0.6 is 0 Å². The Morgan fingerprint density at radius 2 is 0.839 bits per heavy atom. The molecule has 0 saturated carbocycles. The van der Waals surface area contributed by atoms with Crippen LogP contribution in [0.25, 0.3) is 22.3 Å². The second-order valence-electron chi connectivity index (χ2n) is 13.7. The van der Waals surface area contributed by atoms with Crippen LogP contribution in [0.4, 0.5) is 0 Å². The summed E-state index contributed by atoms with van der Waals surface area (Å²) < 4.78 is 11.6. The normalized spacial score (nSPS) is 11.9. The van der Waals surface area contributed by atoms with Gasteiger partial charge in [-0.3, -0.25) is 0 Å². The number of ether oxygens (including phenoxy) is 2. The zero-order valence-corrected chi connectivity index (χ0v) is 33.5. The van der Waals surface area contributed by atoms with Crippen molar-refractivity contribution >= 4 is 22.3 Å². The number of aromatic hydroxyl groups is 1. The van der Waals surface area contributed by atoms with Crippen molar-refractivity contribution in [2.24, 2.45) is 0 Å². The maximum Gasteiger partial charge on any atom is 0.119 e. The Bertz CT molecular complexity index is 2090. The molecular weight excluding hydrogens is 689 g/mol. The molecule has 0 amide bonds. The Balaban J connectivity index is 0.000000214. The molecule has 56 heavy (non-hydrogen) atoms. The Kier molecular flexibility index (Phi) is 16.1. The number of allylic oxidation sites excluding steroid dienone is 2. The average Bonchev–Trinajstić information content (AvgIpc) is 3.24. The van der Waals surface area contributed by atoms with Gasteiger partial charge < -0.3 is 24.8 Å². The topological polar surface area (TPSA) is 54.0 Å². The molecule has 5 heteroatoms. The SMILES string of the molecule is CC/C(=C(\c1ccc(O)cc1)c1ccc(OCCNC)cc1)c1ccccc1.CC/C(=C(\c1ccccc1)c1ccc(OCCN(C)C)cc1)c1ccccc1. The summed E-state index contributed by atoms with van der Waals surface area (Å²) in [5, 5.41) is 12.8. The van der Waals surface area contributed by atoms with Crippen LogP contribution in [0, 0.1) is 0 Å². The summed E-state index contributed by atoms with van der Waals surface area (Å²) >= 11 is 0. The van der Waals surface area contributed by atoms with E-state index in [9.17, 15) is 5.11 Å². The number of nitrogens with one attached hydrogen (secondary N) is 1. The van der Waals surface area contributed by atoms with Crippen molar-refractivity contribution < 1.29 is 14.6 Å². The molecule has 0 aromatic heterocycles. The number of hydrogen-bond acceptors (Lipinski definition) is 5. The molecule has 0 fully saturated rings. The average molecular weight is 745 g/mol. The van der Waals surface area contributed by atoms with E-state index < -0.39 is 0 Å². The maximum absolute atomic E-state index is 9.72. The van der Waals surface area contributed by atoms with Gasteiger partial charge in [-0.15, -0.1) is 0 Å². The van der Waals surface area contributed by atoms with Gasteiger partial charge in [-0.2, -0.15) is 0 Å². The van der Waals surface area contributed by atoms with Gasteiger partial charge in [0.25, 0.3) is 0 Å². The lowest BCUT2D eigenvalue weighted by molar-refractivity contribution is 0.261. The molecule has 0 unspecified atom stereocenters. The highest BCUT2D eigenvalue weighted by Crippen LogP contribution is 2.36. The summed E-state index contributed by atoms with van der Waals surface area (Å²) in [4.78, 5) is 2.12. The first-order chi connectivity index (χ1) is 27.4. The second kappa shape index (κ2) is 21.9. The number of phenolic OH excluding ortho intramolecular Hbond substituents is 1. The summed E-state index contributed by atoms with van der Waals surface area (Å²) in [5.41, 5.74) is 12.2. The standard InChI is InChI=1S/C26H29NO.C25H27NO2/c1-4-25(21-11-7-5-8-12-21)26(22-13-9-6-10-14-22)23-15-17-24(18-16-23)28-20-19-27(2)3;1-3-24(19-7-5-4-6-8-19)25(20-9-13-22(27)14-10-20)21-11-15-23(16-12-21)28-18-17-26-2/h5-18H,4,19-20H2,1-3H3;4-16,26-27H,3,17-18H2,1-2H3/b26-25-;25-24-. The molecule has 0 spiro atoms. The van der Waals surface area contributed by atoms with Gasteiger partial charge in [-0.1, -0.05) is 141 Å². The van der Waals surface area contributed by atoms with E-state index in [0.29, 0.717) is 13.2 Å². The maximum atomic E-state index is 9.72. The third kappa shape index (κ3) is 11.8. The van der Waals surface area contributed by atoms with E-state index in [-0.39, 0.29) is 5.75 Å². The molecule has 6 aromatic rings. The molecule has 0 atom stereocenters. The lowest BCUT2D eigenvalue weighted by Crippen LogP contribution is -2.19. The summed E-state index contributed by atoms with van der Waals surface area (Å²) in [5.74, 6) is 2.05. The molecular formula is C51H56N2O3. The van der Waals surface area contributed by atoms with Crippen molar-refractivity contribution in [3.63, 3.8) is 0 Å². The summed E-state index contributed by atoms with van der Waals surface area (Å²) in [7, 11) is 6.02. The van der Waals surface area contributed by atoms with Crippen LogP contribution in [0.1, 0.15) is 60.1 Å². The fourth-order valence-corrected chi connectivity index (χ4v) is 6.64. The Labute approximate surface area is 334 Å². The molecule has 288 valence electrons. The van der Waals surface area contributed by atoms with Crippen LogP contribution in [0.3, 0.4) is 0 Å². The first-order valence-corrected chi connectivity index (χ1v) is 19.6. The van der Waals surface area contributed by atoms with Gasteiger partial charge in [-0.05, 0) is 126 Å². The van der Waals surface area contributed by atoms with Gasteiger partial charge in [0, 0.05) is 13.1 Å². The molecule has 0 aliphatic carbocycles. The quantitative estimate of drug-likeness (QED) is 0.0763. The molecule has 2 N–H and O–H groups in total. The van der Waals surface area contributed by atoms with Crippen LogP contribution in [0.5, 0.6) is 17.2 Å². The second-order valence-corrected chi connectivity index (χ2v) is 13.7. The third-order valence-corrected chi connectivity index (χ3v) is 9.49. The van der Waals surface area contributed by atoms with E-state index >= 15 is 0 Å². The van der Waals surface area contributed by atoms with Crippen LogP contribution in [-0.2, 0) is 0 Å². The van der Waals surface area contributed by atoms with E-state index in [1.54, 1.807) is 12.1 Å². The Morgan fingerprint density at radius 1 is 0.482 bits per heavy atom. The predicted molar refractivity (Wildman–Crippen MR) is 236 cm³/mol. The number of phenols is 1. The van der Waals surface area contributed by atoms with Gasteiger partial charge in [0.05, 0.1) is 0 Å². The number of nitrogens with zero attached hydrogens (tertiary/aromatic N) is 1. The summed E-state index contributed by atoms with van der Waals surface area (Å²) in [6.07, 6.45) is 1.87. The van der Waals surface area contributed by atoms with Crippen molar-refractivity contribution in [3.8, 4) is 17.2 Å². The van der Waals surface area contributed by atoms with Crippen molar-refractivity contribution in [2.45, 2.75) is 26.7 Å². The van der Waals surface area contributed by atoms with Crippen molar-refractivity contribution in [1.82, 2.24) is 10.2 Å². The fraction of sp³-hybridized carbons (Fsp3) is 0.216. The first kappa shape index (κ1) is 41.3. The minimum atomic E-state index is 0.272. The van der Waals surface area contributed by atoms with Crippen molar-refractivity contribution in [3.05, 3.63) is 197 Å². The number of likely N-dealkylation sites (N-methyl/N-ethyl adjacent to an activating group) is 2. The lowest BCUT2D eigenvalue weighted by atomic mass is 9.88. The molecule has 6 aromatic carbocycles. The molecule has 6 rings (SSSR count). The van der Waals surface area contributed by atoms with E-state index in [1.807, 2.05) is 37.4 Å². The van der Waals surface area contributed by atoms with Crippen molar-refractivity contribution in [2.75, 3.05) is 47.4 Å². The number of rotatable bonds is 16. The summed E-state index contributed by atoms with van der Waals surface area (Å²) in [6.45, 7) is 7.46. The Hall–Kier alpha value is -5.88. The zero-order valence-electron chi connectivity index (χ0n) is 33.5. The van der Waals surface area contributed by atoms with Crippen LogP contribution in [0.2, 0.25) is 0 Å². The van der Waals surface area contributed by atoms with Gasteiger partial charge in [0.15, 0.2) is 0 Å². The Morgan fingerprint density at radius 3 is 1.21 bits per heavy atom. The van der Waals surface area contributed by atoms with Crippen LogP contribution in [0.15, 0.2) is 164 Å². The van der Waals surface area contributed by atoms with E-state index in [4.69, 9.17) is 9.47 Å². The molecule has 5 nitrogen and oxygen atoms in total. The summed E-state index contributed by atoms with van der Waals surface area (Å²) in [6, 6.07) is 56.0. The van der Waals surface area contributed by atoms with Gasteiger partial charge in [-0.25, -0.2) is 0 Å². The molecule has 0 radical (unpaired) electrons. The minimum absolute atomic E-state index is 0.272. The minimum Gasteiger partial charge on any atom is -0.508 e. The number of hydrogen-bond donors (Lipinski definition) is 2. The van der Waals surface area contributed by atoms with E-state index in [1.165, 1.54) is 44.5 Å². The monoisotopic (exact) mass is 744 g/mol. The molecule has 0 aliphatic heterocycles. The highest BCUT2D eigenvalue weighted by molar-refractivity contribution is 5.99. The van der Waals surface area contributed by atoms with Crippen molar-refractivity contribution in [1.29, 1.82) is 0 Å². The van der Waals surface area contributed by atoms with E-state index in [2.05, 4.69) is 159 Å². The predicted octanol–water partition coefficient (Wildman–Crippen LogP) is 11.4. The number of benzene rings is 6. The zero-order chi connectivity index (χ0) is 39.5. The third-order valence-electron chi connectivity index (χ3n) is 9.49. The van der Waals surface area contributed by atoms with Crippen LogP contribution < -0.4 is 14.8 Å². The lowest BCUT2D eigenvalue weighted by Gasteiger charge is -2.17. The fourth-order valence-electron chi connectivity index (χ4n) is 6.64. The molecule has 0 aliphatic rings. The molecule has 0 saturated heterocycles. The largest absolute Gasteiger partial charge is 0.508 e. The highest BCUT2D eigenvalue weighted by atomic mass is 16.5. The van der Waals surface area contributed by atoms with Gasteiger partial charge in [0.2, 0.25) is 0 Å². The smallest absolute Gasteiger partial charge is 0.119 e. The van der Waals surface area contributed by atoms with Gasteiger partial charge in [0.1, 0.15) is 30.5 Å². The highest BCUT2D eigenvalue weighted by Gasteiger charge is 2.15. The van der Waals surface area contributed by atoms with Gasteiger partial charge >= 0.3 is 0 Å². The molecule has 0 bridgehead atoms. The van der Waals surface area contributed by atoms with Crippen LogP contribution in [-0.4, -0.2) is 57.5 Å².